The Bertz CT molecular complexity index is 399. The summed E-state index contributed by atoms with van der Waals surface area (Å²) in [4.78, 5) is 11.5. The van der Waals surface area contributed by atoms with E-state index in [1.807, 2.05) is 0 Å². The van der Waals surface area contributed by atoms with Crippen LogP contribution in [0.15, 0.2) is 11.6 Å². The molecule has 1 fully saturated rings. The number of rotatable bonds is 5. The van der Waals surface area contributed by atoms with E-state index in [2.05, 4.69) is 5.32 Å². The molecule has 0 aromatic heterocycles. The van der Waals surface area contributed by atoms with Gasteiger partial charge < -0.3 is 15.8 Å². The van der Waals surface area contributed by atoms with Gasteiger partial charge in [-0.3, -0.25) is 4.79 Å². The Morgan fingerprint density at radius 1 is 1.58 bits per heavy atom. The van der Waals surface area contributed by atoms with Crippen LogP contribution >= 0.6 is 11.8 Å². The highest BCUT2D eigenvalue weighted by molar-refractivity contribution is 8.03. The average Bonchev–Trinajstić information content (AvgIpc) is 2.98. The first-order chi connectivity index (χ1) is 8.72. The second-order valence-electron chi connectivity index (χ2n) is 4.88. The molecule has 0 aromatic rings. The highest BCUT2D eigenvalue weighted by Gasteiger charge is 2.61. The van der Waals surface area contributed by atoms with Gasteiger partial charge in [-0.05, 0) is 18.2 Å². The molecule has 3 N–H and O–H groups in total. The standard InChI is InChI=1S/C11H15F3N2O2S/c1-7(9(2-3-9)8(15)17)11(16-4-5-19-11)18-6-10(12,13)14/h4-5,7,16H,2-3,6H2,1H3,(H2,15,17)/t7-,11?/m1/s1. The maximum atomic E-state index is 12.3. The lowest BCUT2D eigenvalue weighted by atomic mass is 9.88. The summed E-state index contributed by atoms with van der Waals surface area (Å²) in [5.74, 6) is -0.941. The molecule has 1 aliphatic carbocycles. The number of carbonyl (C=O) groups is 1. The molecule has 1 amide bonds. The van der Waals surface area contributed by atoms with Crippen molar-refractivity contribution >= 4 is 17.7 Å². The second-order valence-corrected chi connectivity index (χ2v) is 5.99. The summed E-state index contributed by atoms with van der Waals surface area (Å²) in [5, 5.41) is 3.13. The summed E-state index contributed by atoms with van der Waals surface area (Å²) >= 11 is 1.10. The number of carbonyl (C=O) groups excluding carboxylic acids is 1. The molecule has 0 spiro atoms. The molecule has 1 saturated carbocycles. The van der Waals surface area contributed by atoms with E-state index >= 15 is 0 Å². The van der Waals surface area contributed by atoms with Gasteiger partial charge in [-0.25, -0.2) is 0 Å². The van der Waals surface area contributed by atoms with Crippen LogP contribution in [0.5, 0.6) is 0 Å². The molecule has 0 aromatic carbocycles. The molecule has 0 radical (unpaired) electrons. The van der Waals surface area contributed by atoms with Crippen molar-refractivity contribution in [1.29, 1.82) is 0 Å². The van der Waals surface area contributed by atoms with Gasteiger partial charge in [0.25, 0.3) is 0 Å². The van der Waals surface area contributed by atoms with Crippen molar-refractivity contribution in [2.75, 3.05) is 6.61 Å². The number of thioether (sulfide) groups is 1. The van der Waals surface area contributed by atoms with Crippen LogP contribution in [-0.2, 0) is 9.53 Å². The number of alkyl halides is 3. The minimum Gasteiger partial charge on any atom is -0.369 e. The van der Waals surface area contributed by atoms with Gasteiger partial charge in [-0.15, -0.1) is 0 Å². The van der Waals surface area contributed by atoms with Gasteiger partial charge >= 0.3 is 6.18 Å². The summed E-state index contributed by atoms with van der Waals surface area (Å²) in [6.07, 6.45) is -1.72. The molecule has 1 heterocycles. The van der Waals surface area contributed by atoms with Gasteiger partial charge in [0.05, 0.1) is 5.41 Å². The molecule has 108 valence electrons. The molecule has 1 unspecified atom stereocenters. The molecule has 0 saturated heterocycles. The van der Waals surface area contributed by atoms with Crippen LogP contribution < -0.4 is 11.1 Å². The molecule has 2 atom stereocenters. The number of halogens is 3. The second kappa shape index (κ2) is 4.59. The lowest BCUT2D eigenvalue weighted by Crippen LogP contribution is -2.52. The topological polar surface area (TPSA) is 64.3 Å². The van der Waals surface area contributed by atoms with Gasteiger partial charge in [-0.1, -0.05) is 18.7 Å². The molecule has 2 rings (SSSR count). The smallest absolute Gasteiger partial charge is 0.369 e. The third-order valence-electron chi connectivity index (χ3n) is 3.72. The Hall–Kier alpha value is -0.890. The van der Waals surface area contributed by atoms with E-state index in [9.17, 15) is 18.0 Å². The molecule has 0 bridgehead atoms. The van der Waals surface area contributed by atoms with Crippen molar-refractivity contribution in [3.63, 3.8) is 0 Å². The fraction of sp³-hybridized carbons (Fsp3) is 0.727. The maximum Gasteiger partial charge on any atom is 0.411 e. The molecule has 2 aliphatic rings. The van der Waals surface area contributed by atoms with Crippen molar-refractivity contribution in [1.82, 2.24) is 5.32 Å². The van der Waals surface area contributed by atoms with Crippen LogP contribution in [0.1, 0.15) is 19.8 Å². The minimum absolute atomic E-state index is 0.458. The average molecular weight is 296 g/mol. The van der Waals surface area contributed by atoms with Crippen LogP contribution in [-0.4, -0.2) is 23.7 Å². The molecule has 19 heavy (non-hydrogen) atoms. The summed E-state index contributed by atoms with van der Waals surface area (Å²) in [6, 6.07) is 0. The normalized spacial score (nSPS) is 29.9. The number of nitrogens with one attached hydrogen (secondary N) is 1. The predicted octanol–water partition coefficient (Wildman–Crippen LogP) is 1.93. The molecular formula is C11H15F3N2O2S. The largest absolute Gasteiger partial charge is 0.411 e. The van der Waals surface area contributed by atoms with E-state index in [4.69, 9.17) is 10.5 Å². The SMILES string of the molecule is C[C@@H](C1(OCC(F)(F)F)NC=CS1)C1(C(N)=O)CC1. The fourth-order valence-electron chi connectivity index (χ4n) is 2.33. The lowest BCUT2D eigenvalue weighted by Gasteiger charge is -2.38. The zero-order valence-electron chi connectivity index (χ0n) is 10.3. The zero-order valence-corrected chi connectivity index (χ0v) is 11.1. The summed E-state index contributed by atoms with van der Waals surface area (Å²) < 4.78 is 42.1. The van der Waals surface area contributed by atoms with Gasteiger partial charge in [0.1, 0.15) is 6.61 Å². The Morgan fingerprint density at radius 3 is 2.58 bits per heavy atom. The van der Waals surface area contributed by atoms with E-state index in [1.165, 1.54) is 6.20 Å². The number of primary amides is 1. The predicted molar refractivity (Wildman–Crippen MR) is 64.6 cm³/mol. The van der Waals surface area contributed by atoms with Crippen LogP contribution in [0, 0.1) is 11.3 Å². The third kappa shape index (κ3) is 2.69. The highest BCUT2D eigenvalue weighted by atomic mass is 32.2. The number of nitrogens with two attached hydrogens (primary N) is 1. The third-order valence-corrected chi connectivity index (χ3v) is 4.94. The molecule has 8 heteroatoms. The Morgan fingerprint density at radius 2 is 2.21 bits per heavy atom. The van der Waals surface area contributed by atoms with Crippen LogP contribution in [0.3, 0.4) is 0 Å². The van der Waals surface area contributed by atoms with Crippen molar-refractivity contribution in [2.24, 2.45) is 17.1 Å². The number of ether oxygens (including phenoxy) is 1. The van der Waals surface area contributed by atoms with Crippen molar-refractivity contribution in [3.05, 3.63) is 11.6 Å². The monoisotopic (exact) mass is 296 g/mol. The number of hydrogen-bond donors (Lipinski definition) is 2. The van der Waals surface area contributed by atoms with Crippen LogP contribution in [0.2, 0.25) is 0 Å². The highest BCUT2D eigenvalue weighted by Crippen LogP contribution is 2.58. The van der Waals surface area contributed by atoms with E-state index in [-0.39, 0.29) is 0 Å². The van der Waals surface area contributed by atoms with Gasteiger partial charge in [0.15, 0.2) is 5.06 Å². The molecular weight excluding hydrogens is 281 g/mol. The molecule has 4 nitrogen and oxygen atoms in total. The summed E-state index contributed by atoms with van der Waals surface area (Å²) in [7, 11) is 0. The maximum absolute atomic E-state index is 12.3. The first-order valence-electron chi connectivity index (χ1n) is 5.83. The first-order valence-corrected chi connectivity index (χ1v) is 6.71. The van der Waals surface area contributed by atoms with E-state index in [0.29, 0.717) is 12.8 Å². The Balaban J connectivity index is 2.14. The lowest BCUT2D eigenvalue weighted by molar-refractivity contribution is -0.202. The molecule has 1 aliphatic heterocycles. The van der Waals surface area contributed by atoms with Gasteiger partial charge in [-0.2, -0.15) is 13.2 Å². The van der Waals surface area contributed by atoms with E-state index < -0.39 is 35.1 Å². The first kappa shape index (κ1) is 14.5. The van der Waals surface area contributed by atoms with E-state index in [0.717, 1.165) is 11.8 Å². The summed E-state index contributed by atoms with van der Waals surface area (Å²) in [6.45, 7) is 0.328. The van der Waals surface area contributed by atoms with Crippen molar-refractivity contribution in [2.45, 2.75) is 31.0 Å². The minimum atomic E-state index is -4.42. The zero-order chi connectivity index (χ0) is 14.3. The number of amides is 1. The Labute approximate surface area is 112 Å². The quantitative estimate of drug-likeness (QED) is 0.813. The Kier molecular flexibility index (Phi) is 3.51. The van der Waals surface area contributed by atoms with Crippen LogP contribution in [0.4, 0.5) is 13.2 Å². The van der Waals surface area contributed by atoms with Gasteiger partial charge in [0, 0.05) is 12.1 Å². The number of hydrogen-bond acceptors (Lipinski definition) is 4. The van der Waals surface area contributed by atoms with E-state index in [1.54, 1.807) is 12.3 Å². The summed E-state index contributed by atoms with van der Waals surface area (Å²) in [5.41, 5.74) is 4.60. The van der Waals surface area contributed by atoms with Crippen LogP contribution in [0.25, 0.3) is 0 Å². The fourth-order valence-corrected chi connectivity index (χ4v) is 3.36. The van der Waals surface area contributed by atoms with Crippen molar-refractivity contribution in [3.8, 4) is 0 Å². The van der Waals surface area contributed by atoms with Gasteiger partial charge in [0.2, 0.25) is 5.91 Å². The van der Waals surface area contributed by atoms with Crippen molar-refractivity contribution < 1.29 is 22.7 Å².